The lowest BCUT2D eigenvalue weighted by Gasteiger charge is -2.08. The van der Waals surface area contributed by atoms with Gasteiger partial charge in [0, 0.05) is 13.2 Å². The first-order valence-electron chi connectivity index (χ1n) is 4.49. The highest BCUT2D eigenvalue weighted by Crippen LogP contribution is 2.08. The first-order valence-corrected chi connectivity index (χ1v) is 4.86. The Bertz CT molecular complexity index is 411. The fourth-order valence-electron chi connectivity index (χ4n) is 1.07. The molecule has 1 rings (SSSR count). The van der Waals surface area contributed by atoms with E-state index in [4.69, 9.17) is 16.3 Å². The number of rotatable bonds is 2. The topological polar surface area (TPSA) is 48.3 Å². The lowest BCUT2D eigenvalue weighted by atomic mass is 10.3. The van der Waals surface area contributed by atoms with Crippen molar-refractivity contribution < 1.29 is 9.53 Å². The summed E-state index contributed by atoms with van der Waals surface area (Å²) in [5.41, 5.74) is -0.0615. The van der Waals surface area contributed by atoms with Crippen LogP contribution >= 0.6 is 11.6 Å². The van der Waals surface area contributed by atoms with Gasteiger partial charge in [0.15, 0.2) is 0 Å². The van der Waals surface area contributed by atoms with Crippen LogP contribution in [0.2, 0.25) is 5.02 Å². The van der Waals surface area contributed by atoms with Gasteiger partial charge in [0.2, 0.25) is 0 Å². The molecule has 0 N–H and O–H groups in total. The van der Waals surface area contributed by atoms with E-state index in [1.54, 1.807) is 13.8 Å². The fourth-order valence-corrected chi connectivity index (χ4v) is 1.32. The molecule has 0 radical (unpaired) electrons. The zero-order valence-electron chi connectivity index (χ0n) is 8.78. The molecule has 1 aromatic heterocycles. The van der Waals surface area contributed by atoms with E-state index in [0.29, 0.717) is 0 Å². The van der Waals surface area contributed by atoms with Crippen LogP contribution in [0.5, 0.6) is 0 Å². The maximum atomic E-state index is 11.5. The number of hydrogen-bond donors (Lipinski definition) is 0. The molecule has 5 heteroatoms. The average molecular weight is 230 g/mol. The maximum Gasteiger partial charge on any atom is 0.339 e. The Morgan fingerprint density at radius 2 is 2.13 bits per heavy atom. The third-order valence-corrected chi connectivity index (χ3v) is 1.99. The Hall–Kier alpha value is -1.29. The van der Waals surface area contributed by atoms with Crippen molar-refractivity contribution in [1.29, 1.82) is 0 Å². The monoisotopic (exact) mass is 229 g/mol. The molecule has 0 atom stereocenters. The molecule has 0 aliphatic heterocycles. The van der Waals surface area contributed by atoms with Crippen LogP contribution in [0.25, 0.3) is 0 Å². The summed E-state index contributed by atoms with van der Waals surface area (Å²) in [5.74, 6) is -0.484. The van der Waals surface area contributed by atoms with E-state index >= 15 is 0 Å². The minimum atomic E-state index is -0.484. The first kappa shape index (κ1) is 11.8. The van der Waals surface area contributed by atoms with E-state index in [1.165, 1.54) is 23.9 Å². The van der Waals surface area contributed by atoms with Gasteiger partial charge in [0.05, 0.1) is 11.7 Å². The SMILES string of the molecule is CC(C)OC(=O)c1cc(Cl)c(=O)n(C)c1. The molecule has 1 aromatic rings. The largest absolute Gasteiger partial charge is 0.459 e. The molecule has 0 aromatic carbocycles. The van der Waals surface area contributed by atoms with Crippen molar-refractivity contribution in [2.45, 2.75) is 20.0 Å². The smallest absolute Gasteiger partial charge is 0.339 e. The molecule has 15 heavy (non-hydrogen) atoms. The number of carbonyl (C=O) groups excluding carboxylic acids is 1. The van der Waals surface area contributed by atoms with E-state index in [-0.39, 0.29) is 22.2 Å². The summed E-state index contributed by atoms with van der Waals surface area (Å²) >= 11 is 5.66. The van der Waals surface area contributed by atoms with E-state index in [9.17, 15) is 9.59 Å². The molecule has 82 valence electrons. The lowest BCUT2D eigenvalue weighted by molar-refractivity contribution is 0.0377. The number of halogens is 1. The van der Waals surface area contributed by atoms with Gasteiger partial charge < -0.3 is 9.30 Å². The minimum Gasteiger partial charge on any atom is -0.459 e. The zero-order valence-corrected chi connectivity index (χ0v) is 9.54. The fraction of sp³-hybridized carbons (Fsp3) is 0.400. The predicted octanol–water partition coefficient (Wildman–Crippen LogP) is 1.60. The van der Waals surface area contributed by atoms with Gasteiger partial charge in [-0.15, -0.1) is 0 Å². The molecule has 0 unspecified atom stereocenters. The number of nitrogens with zero attached hydrogens (tertiary/aromatic N) is 1. The van der Waals surface area contributed by atoms with Crippen molar-refractivity contribution in [1.82, 2.24) is 4.57 Å². The second-order valence-electron chi connectivity index (χ2n) is 3.45. The van der Waals surface area contributed by atoms with Crippen molar-refractivity contribution in [2.75, 3.05) is 0 Å². The molecule has 0 saturated heterocycles. The van der Waals surface area contributed by atoms with Crippen LogP contribution < -0.4 is 5.56 Å². The summed E-state index contributed by atoms with van der Waals surface area (Å²) in [5, 5.41) is 0.00991. The summed E-state index contributed by atoms with van der Waals surface area (Å²) in [6.07, 6.45) is 1.20. The van der Waals surface area contributed by atoms with Crippen LogP contribution in [0.15, 0.2) is 17.1 Å². The van der Waals surface area contributed by atoms with Crippen LogP contribution in [0.1, 0.15) is 24.2 Å². The van der Waals surface area contributed by atoms with Crippen molar-refractivity contribution >= 4 is 17.6 Å². The standard InChI is InChI=1S/C10H12ClNO3/c1-6(2)15-10(14)7-4-8(11)9(13)12(3)5-7/h4-6H,1-3H3. The Balaban J connectivity index is 3.06. The van der Waals surface area contributed by atoms with E-state index in [1.807, 2.05) is 0 Å². The second-order valence-corrected chi connectivity index (χ2v) is 3.85. The van der Waals surface area contributed by atoms with Crippen molar-refractivity contribution in [2.24, 2.45) is 7.05 Å². The van der Waals surface area contributed by atoms with Gasteiger partial charge in [0.1, 0.15) is 5.02 Å². The molecular formula is C10H12ClNO3. The molecule has 0 spiro atoms. The highest BCUT2D eigenvalue weighted by atomic mass is 35.5. The number of ether oxygens (including phenoxy) is 1. The highest BCUT2D eigenvalue weighted by Gasteiger charge is 2.12. The van der Waals surface area contributed by atoms with Gasteiger partial charge in [-0.2, -0.15) is 0 Å². The Labute approximate surface area is 92.4 Å². The van der Waals surface area contributed by atoms with Crippen molar-refractivity contribution in [3.63, 3.8) is 0 Å². The molecule has 0 aliphatic rings. The molecule has 0 amide bonds. The molecule has 0 fully saturated rings. The molecule has 4 nitrogen and oxygen atoms in total. The summed E-state index contributed by atoms with van der Waals surface area (Å²) in [6, 6.07) is 1.31. The normalized spacial score (nSPS) is 10.5. The molecule has 0 aliphatic carbocycles. The minimum absolute atomic E-state index is 0.00991. The van der Waals surface area contributed by atoms with Gasteiger partial charge in [-0.1, -0.05) is 11.6 Å². The third-order valence-electron chi connectivity index (χ3n) is 1.72. The van der Waals surface area contributed by atoms with Crippen LogP contribution in [-0.2, 0) is 11.8 Å². The lowest BCUT2D eigenvalue weighted by Crippen LogP contribution is -2.20. The van der Waals surface area contributed by atoms with Crippen LogP contribution in [0.4, 0.5) is 0 Å². The van der Waals surface area contributed by atoms with E-state index < -0.39 is 5.97 Å². The summed E-state index contributed by atoms with van der Waals surface area (Å²) in [7, 11) is 1.53. The van der Waals surface area contributed by atoms with Gasteiger partial charge in [-0.05, 0) is 19.9 Å². The number of pyridine rings is 1. The molecular weight excluding hydrogens is 218 g/mol. The predicted molar refractivity (Wildman–Crippen MR) is 57.2 cm³/mol. The van der Waals surface area contributed by atoms with Gasteiger partial charge in [0.25, 0.3) is 5.56 Å². The quantitative estimate of drug-likeness (QED) is 0.724. The molecule has 0 bridgehead atoms. The van der Waals surface area contributed by atoms with Crippen LogP contribution in [0.3, 0.4) is 0 Å². The van der Waals surface area contributed by atoms with E-state index in [0.717, 1.165) is 0 Å². The second kappa shape index (κ2) is 4.49. The highest BCUT2D eigenvalue weighted by molar-refractivity contribution is 6.30. The number of esters is 1. The Morgan fingerprint density at radius 3 is 2.60 bits per heavy atom. The average Bonchev–Trinajstić information content (AvgIpc) is 2.12. The van der Waals surface area contributed by atoms with Gasteiger partial charge >= 0.3 is 5.97 Å². The Kier molecular flexibility index (Phi) is 3.52. The van der Waals surface area contributed by atoms with Gasteiger partial charge in [-0.25, -0.2) is 4.79 Å². The van der Waals surface area contributed by atoms with Crippen LogP contribution in [-0.4, -0.2) is 16.6 Å². The Morgan fingerprint density at radius 1 is 1.53 bits per heavy atom. The molecule has 1 heterocycles. The summed E-state index contributed by atoms with van der Waals surface area (Å²) in [4.78, 5) is 22.7. The summed E-state index contributed by atoms with van der Waals surface area (Å²) in [6.45, 7) is 3.50. The zero-order chi connectivity index (χ0) is 11.6. The van der Waals surface area contributed by atoms with Crippen molar-refractivity contribution in [3.05, 3.63) is 33.2 Å². The van der Waals surface area contributed by atoms with E-state index in [2.05, 4.69) is 0 Å². The van der Waals surface area contributed by atoms with Crippen LogP contribution in [0, 0.1) is 0 Å². The van der Waals surface area contributed by atoms with Crippen molar-refractivity contribution in [3.8, 4) is 0 Å². The number of hydrogen-bond acceptors (Lipinski definition) is 3. The number of aryl methyl sites for hydroxylation is 1. The first-order chi connectivity index (χ1) is 6.91. The third kappa shape index (κ3) is 2.83. The number of aromatic nitrogens is 1. The maximum absolute atomic E-state index is 11.5. The summed E-state index contributed by atoms with van der Waals surface area (Å²) < 4.78 is 6.22. The van der Waals surface area contributed by atoms with Gasteiger partial charge in [-0.3, -0.25) is 4.79 Å². The molecule has 0 saturated carbocycles. The number of carbonyl (C=O) groups is 1.